The summed E-state index contributed by atoms with van der Waals surface area (Å²) in [4.78, 5) is 0.724. The zero-order valence-electron chi connectivity index (χ0n) is 12.1. The van der Waals surface area contributed by atoms with Crippen molar-refractivity contribution in [3.8, 4) is 0 Å². The van der Waals surface area contributed by atoms with Gasteiger partial charge in [-0.15, -0.1) is 11.8 Å². The quantitative estimate of drug-likeness (QED) is 0.841. The molecule has 0 saturated heterocycles. The van der Waals surface area contributed by atoms with Gasteiger partial charge in [-0.1, -0.05) is 25.5 Å². The molecule has 0 heterocycles. The molecule has 1 aromatic rings. The summed E-state index contributed by atoms with van der Waals surface area (Å²) in [5.74, 6) is -0.140. The Labute approximate surface area is 125 Å². The number of hydrogen-bond donors (Lipinski definition) is 2. The van der Waals surface area contributed by atoms with Gasteiger partial charge < -0.3 is 10.4 Å². The number of aliphatic hydroxyl groups is 1. The molecule has 2 nitrogen and oxygen atoms in total. The predicted molar refractivity (Wildman–Crippen MR) is 82.6 cm³/mol. The fourth-order valence-corrected chi connectivity index (χ4v) is 4.26. The van der Waals surface area contributed by atoms with Crippen LogP contribution in [0, 0.1) is 5.82 Å². The van der Waals surface area contributed by atoms with E-state index in [2.05, 4.69) is 12.2 Å². The lowest BCUT2D eigenvalue weighted by Gasteiger charge is -2.40. The lowest BCUT2D eigenvalue weighted by molar-refractivity contribution is 0.124. The standard InChI is InChI=1S/C16H24FNOS/c1-2-10-18-16(12-19)9-5-6-13(11-16)20-15-8-4-3-7-14(15)17/h3-4,7-8,13,18-19H,2,5-6,9-12H2,1H3. The zero-order chi connectivity index (χ0) is 14.4. The molecule has 1 aliphatic rings. The van der Waals surface area contributed by atoms with Crippen LogP contribution in [0.25, 0.3) is 0 Å². The monoisotopic (exact) mass is 297 g/mol. The number of rotatable bonds is 6. The Hall–Kier alpha value is -0.580. The Morgan fingerprint density at radius 2 is 2.25 bits per heavy atom. The molecular weight excluding hydrogens is 273 g/mol. The van der Waals surface area contributed by atoms with Gasteiger partial charge in [0.25, 0.3) is 0 Å². The Bertz CT molecular complexity index is 429. The van der Waals surface area contributed by atoms with Crippen LogP contribution in [0.1, 0.15) is 39.0 Å². The van der Waals surface area contributed by atoms with Crippen LogP contribution >= 0.6 is 11.8 Å². The van der Waals surface area contributed by atoms with Gasteiger partial charge in [0.05, 0.1) is 6.61 Å². The van der Waals surface area contributed by atoms with Crippen LogP contribution in [0.5, 0.6) is 0 Å². The van der Waals surface area contributed by atoms with Gasteiger partial charge in [0.1, 0.15) is 5.82 Å². The Kier molecular flexibility index (Phi) is 5.87. The van der Waals surface area contributed by atoms with Crippen molar-refractivity contribution in [1.82, 2.24) is 5.32 Å². The van der Waals surface area contributed by atoms with Crippen LogP contribution in [-0.2, 0) is 0 Å². The topological polar surface area (TPSA) is 32.3 Å². The van der Waals surface area contributed by atoms with Crippen LogP contribution in [0.3, 0.4) is 0 Å². The van der Waals surface area contributed by atoms with Crippen molar-refractivity contribution >= 4 is 11.8 Å². The second-order valence-electron chi connectivity index (χ2n) is 5.63. The van der Waals surface area contributed by atoms with Gasteiger partial charge in [-0.25, -0.2) is 4.39 Å². The summed E-state index contributed by atoms with van der Waals surface area (Å²) in [7, 11) is 0. The third-order valence-corrected chi connectivity index (χ3v) is 5.30. The number of aliphatic hydroxyl groups excluding tert-OH is 1. The maximum Gasteiger partial charge on any atom is 0.136 e. The van der Waals surface area contributed by atoms with E-state index in [1.54, 1.807) is 17.8 Å². The molecule has 4 heteroatoms. The minimum absolute atomic E-state index is 0.140. The summed E-state index contributed by atoms with van der Waals surface area (Å²) in [6, 6.07) is 6.96. The van der Waals surface area contributed by atoms with Gasteiger partial charge >= 0.3 is 0 Å². The number of halogens is 1. The molecule has 0 bridgehead atoms. The SMILES string of the molecule is CCCNC1(CO)CCCC(Sc2ccccc2F)C1. The van der Waals surface area contributed by atoms with Crippen molar-refractivity contribution in [2.45, 2.75) is 54.7 Å². The molecule has 2 N–H and O–H groups in total. The summed E-state index contributed by atoms with van der Waals surface area (Å²) in [6.45, 7) is 3.23. The average Bonchev–Trinajstić information content (AvgIpc) is 2.48. The van der Waals surface area contributed by atoms with Crippen LogP contribution in [0.2, 0.25) is 0 Å². The minimum atomic E-state index is -0.169. The molecule has 2 atom stereocenters. The third kappa shape index (κ3) is 3.96. The summed E-state index contributed by atoms with van der Waals surface area (Å²) in [5, 5.41) is 13.6. The van der Waals surface area contributed by atoms with Crippen LogP contribution in [0.15, 0.2) is 29.2 Å². The summed E-state index contributed by atoms with van der Waals surface area (Å²) in [5.41, 5.74) is -0.169. The van der Waals surface area contributed by atoms with E-state index in [0.29, 0.717) is 5.25 Å². The average molecular weight is 297 g/mol. The third-order valence-electron chi connectivity index (χ3n) is 3.98. The van der Waals surface area contributed by atoms with Gasteiger partial charge in [-0.3, -0.25) is 0 Å². The van der Waals surface area contributed by atoms with Crippen molar-refractivity contribution in [3.05, 3.63) is 30.1 Å². The molecule has 0 aromatic heterocycles. The van der Waals surface area contributed by atoms with Gasteiger partial charge in [0, 0.05) is 15.7 Å². The molecule has 1 aliphatic carbocycles. The molecule has 2 unspecified atom stereocenters. The van der Waals surface area contributed by atoms with Crippen molar-refractivity contribution in [1.29, 1.82) is 0 Å². The van der Waals surface area contributed by atoms with Crippen molar-refractivity contribution in [3.63, 3.8) is 0 Å². The Balaban J connectivity index is 2.01. The van der Waals surface area contributed by atoms with Gasteiger partial charge in [0.15, 0.2) is 0 Å². The predicted octanol–water partition coefficient (Wildman–Crippen LogP) is 3.59. The minimum Gasteiger partial charge on any atom is -0.394 e. The van der Waals surface area contributed by atoms with E-state index >= 15 is 0 Å². The molecule has 20 heavy (non-hydrogen) atoms. The fraction of sp³-hybridized carbons (Fsp3) is 0.625. The highest BCUT2D eigenvalue weighted by Crippen LogP contribution is 2.38. The molecule has 2 rings (SSSR count). The molecule has 112 valence electrons. The fourth-order valence-electron chi connectivity index (χ4n) is 2.88. The van der Waals surface area contributed by atoms with Gasteiger partial charge in [0.2, 0.25) is 0 Å². The summed E-state index contributed by atoms with van der Waals surface area (Å²) in [6.07, 6.45) is 5.16. The first-order valence-corrected chi connectivity index (χ1v) is 8.34. The Morgan fingerprint density at radius 1 is 1.45 bits per heavy atom. The second kappa shape index (κ2) is 7.43. The van der Waals surface area contributed by atoms with Crippen LogP contribution in [0.4, 0.5) is 4.39 Å². The molecule has 1 saturated carbocycles. The molecular formula is C16H24FNOS. The highest BCUT2D eigenvalue weighted by Gasteiger charge is 2.35. The van der Waals surface area contributed by atoms with E-state index in [0.717, 1.165) is 43.5 Å². The first-order valence-electron chi connectivity index (χ1n) is 7.46. The maximum atomic E-state index is 13.7. The summed E-state index contributed by atoms with van der Waals surface area (Å²) >= 11 is 1.62. The zero-order valence-corrected chi connectivity index (χ0v) is 12.9. The first kappa shape index (κ1) is 15.8. The largest absolute Gasteiger partial charge is 0.394 e. The number of benzene rings is 1. The van der Waals surface area contributed by atoms with Crippen molar-refractivity contribution in [2.24, 2.45) is 0 Å². The van der Waals surface area contributed by atoms with Gasteiger partial charge in [-0.2, -0.15) is 0 Å². The maximum absolute atomic E-state index is 13.7. The van der Waals surface area contributed by atoms with E-state index in [4.69, 9.17) is 0 Å². The number of hydrogen-bond acceptors (Lipinski definition) is 3. The smallest absolute Gasteiger partial charge is 0.136 e. The van der Waals surface area contributed by atoms with Crippen LogP contribution in [-0.4, -0.2) is 29.0 Å². The molecule has 0 spiro atoms. The molecule has 1 fully saturated rings. The molecule has 0 amide bonds. The van der Waals surface area contributed by atoms with Crippen molar-refractivity contribution < 1.29 is 9.50 Å². The summed E-state index contributed by atoms with van der Waals surface area (Å²) < 4.78 is 13.7. The van der Waals surface area contributed by atoms with E-state index in [9.17, 15) is 9.50 Å². The molecule has 0 aliphatic heterocycles. The number of thioether (sulfide) groups is 1. The molecule has 1 aromatic carbocycles. The highest BCUT2D eigenvalue weighted by molar-refractivity contribution is 8.00. The van der Waals surface area contributed by atoms with E-state index in [1.807, 2.05) is 12.1 Å². The molecule has 0 radical (unpaired) electrons. The first-order chi connectivity index (χ1) is 9.69. The normalized spacial score (nSPS) is 26.6. The highest BCUT2D eigenvalue weighted by atomic mass is 32.2. The van der Waals surface area contributed by atoms with E-state index < -0.39 is 0 Å². The lowest BCUT2D eigenvalue weighted by atomic mass is 9.82. The Morgan fingerprint density at radius 3 is 2.95 bits per heavy atom. The second-order valence-corrected chi connectivity index (χ2v) is 6.97. The van der Waals surface area contributed by atoms with E-state index in [1.165, 1.54) is 6.07 Å². The van der Waals surface area contributed by atoms with Crippen LogP contribution < -0.4 is 5.32 Å². The van der Waals surface area contributed by atoms with Gasteiger partial charge in [-0.05, 0) is 44.4 Å². The number of nitrogens with one attached hydrogen (secondary N) is 1. The van der Waals surface area contributed by atoms with Crippen molar-refractivity contribution in [2.75, 3.05) is 13.2 Å². The van der Waals surface area contributed by atoms with E-state index in [-0.39, 0.29) is 18.0 Å². The lowest BCUT2D eigenvalue weighted by Crippen LogP contribution is -2.52.